The molecule has 0 bridgehead atoms. The number of hydrogen-bond acceptors (Lipinski definition) is 4. The Morgan fingerprint density at radius 1 is 1.25 bits per heavy atom. The van der Waals surface area contributed by atoms with Gasteiger partial charge in [0, 0.05) is 18.9 Å². The second-order valence-corrected chi connectivity index (χ2v) is 4.88. The minimum absolute atomic E-state index is 0.0438. The molecule has 0 atom stereocenters. The maximum atomic E-state index is 11.8. The quantitative estimate of drug-likeness (QED) is 0.484. The van der Waals surface area contributed by atoms with Crippen LogP contribution in [0, 0.1) is 11.3 Å². The Kier molecular flexibility index (Phi) is 6.30. The molecule has 5 nitrogen and oxygen atoms in total. The van der Waals surface area contributed by atoms with Crippen LogP contribution in [0.2, 0.25) is 0 Å². The monoisotopic (exact) mass is 319 g/mol. The van der Waals surface area contributed by atoms with Gasteiger partial charge >= 0.3 is 0 Å². The largest absolute Gasteiger partial charge is 0.489 e. The number of nitriles is 1. The van der Waals surface area contributed by atoms with Crippen LogP contribution in [0.3, 0.4) is 0 Å². The summed E-state index contributed by atoms with van der Waals surface area (Å²) >= 11 is 0. The molecule has 1 aromatic carbocycles. The van der Waals surface area contributed by atoms with Crippen molar-refractivity contribution < 1.29 is 9.53 Å². The number of nitrogens with zero attached hydrogens (tertiary/aromatic N) is 2. The smallest absolute Gasteiger partial charge is 0.262 e. The van der Waals surface area contributed by atoms with Crippen LogP contribution in [0.25, 0.3) is 6.08 Å². The zero-order valence-electron chi connectivity index (χ0n) is 13.1. The first-order valence-electron chi connectivity index (χ1n) is 7.35. The molecule has 0 saturated heterocycles. The lowest BCUT2D eigenvalue weighted by Crippen LogP contribution is -2.24. The zero-order valence-corrected chi connectivity index (χ0v) is 13.1. The molecule has 1 heterocycles. The summed E-state index contributed by atoms with van der Waals surface area (Å²) in [6.45, 7) is 4.28. The van der Waals surface area contributed by atoms with E-state index < -0.39 is 5.91 Å². The minimum Gasteiger partial charge on any atom is -0.489 e. The van der Waals surface area contributed by atoms with Gasteiger partial charge in [-0.25, -0.2) is 0 Å². The van der Waals surface area contributed by atoms with Gasteiger partial charge in [0.1, 0.15) is 24.0 Å². The molecule has 5 heteroatoms. The second-order valence-electron chi connectivity index (χ2n) is 4.88. The van der Waals surface area contributed by atoms with Crippen LogP contribution in [0.1, 0.15) is 11.1 Å². The molecule has 1 N–H and O–H groups in total. The van der Waals surface area contributed by atoms with Gasteiger partial charge in [-0.1, -0.05) is 18.2 Å². The summed E-state index contributed by atoms with van der Waals surface area (Å²) < 4.78 is 5.68. The first-order valence-corrected chi connectivity index (χ1v) is 7.35. The standard InChI is InChI=1S/C19H17N3O2/c1-2-9-22-19(23)17(13-20)12-15-3-5-18(6-4-15)24-14-16-7-10-21-11-8-16/h2-8,10-12H,1,9,14H2,(H,22,23). The molecule has 0 aliphatic carbocycles. The molecule has 0 aliphatic heterocycles. The predicted octanol–water partition coefficient (Wildman–Crippen LogP) is 2.87. The lowest BCUT2D eigenvalue weighted by atomic mass is 10.1. The lowest BCUT2D eigenvalue weighted by Gasteiger charge is -2.06. The molecular formula is C19H17N3O2. The molecule has 120 valence electrons. The molecule has 0 spiro atoms. The fourth-order valence-electron chi connectivity index (χ4n) is 1.88. The molecule has 0 saturated carbocycles. The van der Waals surface area contributed by atoms with Gasteiger partial charge in [0.25, 0.3) is 5.91 Å². The van der Waals surface area contributed by atoms with Gasteiger partial charge in [0.2, 0.25) is 0 Å². The molecule has 2 aromatic rings. The summed E-state index contributed by atoms with van der Waals surface area (Å²) in [5, 5.41) is 11.7. The van der Waals surface area contributed by atoms with Crippen molar-refractivity contribution in [2.75, 3.05) is 6.54 Å². The van der Waals surface area contributed by atoms with Gasteiger partial charge in [-0.05, 0) is 41.5 Å². The highest BCUT2D eigenvalue weighted by molar-refractivity contribution is 6.01. The van der Waals surface area contributed by atoms with Crippen LogP contribution in [-0.4, -0.2) is 17.4 Å². The third kappa shape index (κ3) is 5.11. The van der Waals surface area contributed by atoms with E-state index in [-0.39, 0.29) is 5.57 Å². The minimum atomic E-state index is -0.421. The number of carbonyl (C=O) groups excluding carboxylic acids is 1. The van der Waals surface area contributed by atoms with Crippen LogP contribution >= 0.6 is 0 Å². The normalized spacial score (nSPS) is 10.5. The molecule has 0 radical (unpaired) electrons. The molecule has 24 heavy (non-hydrogen) atoms. The van der Waals surface area contributed by atoms with Crippen LogP contribution in [0.5, 0.6) is 5.75 Å². The zero-order chi connectivity index (χ0) is 17.2. The highest BCUT2D eigenvalue weighted by Crippen LogP contribution is 2.16. The van der Waals surface area contributed by atoms with E-state index in [9.17, 15) is 4.79 Å². The predicted molar refractivity (Wildman–Crippen MR) is 91.8 cm³/mol. The number of carbonyl (C=O) groups is 1. The van der Waals surface area contributed by atoms with Gasteiger partial charge in [0.05, 0.1) is 0 Å². The molecular weight excluding hydrogens is 302 g/mol. The number of ether oxygens (including phenoxy) is 1. The summed E-state index contributed by atoms with van der Waals surface area (Å²) in [7, 11) is 0. The van der Waals surface area contributed by atoms with Crippen LogP contribution in [-0.2, 0) is 11.4 Å². The second kappa shape index (κ2) is 8.91. The summed E-state index contributed by atoms with van der Waals surface area (Å²) in [5.41, 5.74) is 1.82. The van der Waals surface area contributed by atoms with Gasteiger partial charge in [-0.3, -0.25) is 9.78 Å². The molecule has 0 unspecified atom stereocenters. The number of pyridine rings is 1. The molecule has 1 amide bonds. The summed E-state index contributed by atoms with van der Waals surface area (Å²) in [5.74, 6) is 0.286. The lowest BCUT2D eigenvalue weighted by molar-refractivity contribution is -0.116. The maximum Gasteiger partial charge on any atom is 0.262 e. The maximum absolute atomic E-state index is 11.8. The van der Waals surface area contributed by atoms with E-state index in [1.807, 2.05) is 18.2 Å². The Morgan fingerprint density at radius 3 is 2.58 bits per heavy atom. The Hall–Kier alpha value is -3.39. The van der Waals surface area contributed by atoms with E-state index in [1.165, 1.54) is 6.08 Å². The fourth-order valence-corrected chi connectivity index (χ4v) is 1.88. The molecule has 1 aromatic heterocycles. The van der Waals surface area contributed by atoms with Crippen molar-refractivity contribution in [2.24, 2.45) is 0 Å². The third-order valence-corrected chi connectivity index (χ3v) is 3.12. The van der Waals surface area contributed by atoms with Crippen molar-refractivity contribution in [1.29, 1.82) is 5.26 Å². The number of rotatable bonds is 7. The van der Waals surface area contributed by atoms with E-state index in [0.29, 0.717) is 18.9 Å². The van der Waals surface area contributed by atoms with Gasteiger partial charge in [-0.15, -0.1) is 6.58 Å². The summed E-state index contributed by atoms with van der Waals surface area (Å²) in [6.07, 6.45) is 6.52. The van der Waals surface area contributed by atoms with Crippen LogP contribution < -0.4 is 10.1 Å². The number of nitrogens with one attached hydrogen (secondary N) is 1. The average Bonchev–Trinajstić information content (AvgIpc) is 2.64. The number of amides is 1. The van der Waals surface area contributed by atoms with Crippen LogP contribution in [0.4, 0.5) is 0 Å². The van der Waals surface area contributed by atoms with E-state index in [4.69, 9.17) is 10.00 Å². The molecule has 2 rings (SSSR count). The van der Waals surface area contributed by atoms with Gasteiger partial charge in [-0.2, -0.15) is 5.26 Å². The number of benzene rings is 1. The van der Waals surface area contributed by atoms with Crippen molar-refractivity contribution in [3.05, 3.63) is 78.1 Å². The molecule has 0 aliphatic rings. The highest BCUT2D eigenvalue weighted by atomic mass is 16.5. The van der Waals surface area contributed by atoms with Crippen molar-refractivity contribution in [1.82, 2.24) is 10.3 Å². The summed E-state index contributed by atoms with van der Waals surface area (Å²) in [6, 6.07) is 12.8. The van der Waals surface area contributed by atoms with Crippen molar-refractivity contribution in [3.8, 4) is 11.8 Å². The Bertz CT molecular complexity index is 759. The third-order valence-electron chi connectivity index (χ3n) is 3.12. The van der Waals surface area contributed by atoms with E-state index >= 15 is 0 Å². The average molecular weight is 319 g/mol. The first kappa shape index (κ1) is 17.0. The van der Waals surface area contributed by atoms with E-state index in [2.05, 4.69) is 16.9 Å². The Labute approximate surface area is 140 Å². The number of aromatic nitrogens is 1. The van der Waals surface area contributed by atoms with Crippen LogP contribution in [0.15, 0.2) is 67.0 Å². The van der Waals surface area contributed by atoms with Crippen molar-refractivity contribution in [2.45, 2.75) is 6.61 Å². The fraction of sp³-hybridized carbons (Fsp3) is 0.105. The van der Waals surface area contributed by atoms with E-state index in [1.54, 1.807) is 42.7 Å². The SMILES string of the molecule is C=CCNC(=O)C(C#N)=Cc1ccc(OCc2ccncc2)cc1. The summed E-state index contributed by atoms with van der Waals surface area (Å²) in [4.78, 5) is 15.7. The topological polar surface area (TPSA) is 75.0 Å². The Morgan fingerprint density at radius 2 is 1.96 bits per heavy atom. The van der Waals surface area contributed by atoms with E-state index in [0.717, 1.165) is 11.1 Å². The van der Waals surface area contributed by atoms with Gasteiger partial charge in [0.15, 0.2) is 0 Å². The first-order chi connectivity index (χ1) is 11.7. The molecule has 0 fully saturated rings. The number of hydrogen-bond donors (Lipinski definition) is 1. The Balaban J connectivity index is 2.00. The van der Waals surface area contributed by atoms with Gasteiger partial charge < -0.3 is 10.1 Å². The van der Waals surface area contributed by atoms with Crippen molar-refractivity contribution >= 4 is 12.0 Å². The van der Waals surface area contributed by atoms with Crippen molar-refractivity contribution in [3.63, 3.8) is 0 Å². The highest BCUT2D eigenvalue weighted by Gasteiger charge is 2.07.